The number of hydrogen-bond donors (Lipinski definition) is 0. The Balaban J connectivity index is 1.63. The number of aromatic nitrogens is 3. The zero-order valence-electron chi connectivity index (χ0n) is 13.5. The highest BCUT2D eigenvalue weighted by atomic mass is 19.1. The first-order valence-corrected chi connectivity index (χ1v) is 7.65. The molecule has 1 atom stereocenters. The van der Waals surface area contributed by atoms with Gasteiger partial charge in [0.15, 0.2) is 5.65 Å². The van der Waals surface area contributed by atoms with E-state index in [0.29, 0.717) is 17.6 Å². The van der Waals surface area contributed by atoms with Crippen LogP contribution in [-0.4, -0.2) is 27.1 Å². The molecule has 1 aromatic carbocycles. The van der Waals surface area contributed by atoms with E-state index < -0.39 is 11.9 Å². The zero-order valence-corrected chi connectivity index (χ0v) is 13.5. The first-order valence-electron chi connectivity index (χ1n) is 7.65. The summed E-state index contributed by atoms with van der Waals surface area (Å²) in [7, 11) is 1.81. The van der Waals surface area contributed by atoms with Crippen molar-refractivity contribution in [2.24, 2.45) is 13.0 Å². The molecule has 1 unspecified atom stereocenters. The van der Waals surface area contributed by atoms with Gasteiger partial charge in [0.25, 0.3) is 0 Å². The Kier molecular flexibility index (Phi) is 4.70. The van der Waals surface area contributed by atoms with E-state index in [0.717, 1.165) is 5.56 Å². The second-order valence-electron chi connectivity index (χ2n) is 5.68. The molecule has 0 spiro atoms. The topological polar surface area (TPSA) is 80.8 Å². The van der Waals surface area contributed by atoms with Crippen LogP contribution in [0.3, 0.4) is 0 Å². The molecule has 3 rings (SSSR count). The van der Waals surface area contributed by atoms with Crippen LogP contribution in [-0.2, 0) is 18.2 Å². The third kappa shape index (κ3) is 3.80. The molecule has 0 aliphatic rings. The number of nitrogens with zero attached hydrogens (tertiary/aromatic N) is 4. The lowest BCUT2D eigenvalue weighted by Crippen LogP contribution is -2.15. The van der Waals surface area contributed by atoms with Crippen molar-refractivity contribution in [2.75, 3.05) is 6.61 Å². The van der Waals surface area contributed by atoms with Crippen LogP contribution in [0.1, 0.15) is 15.9 Å². The number of fused-ring (bicyclic) bond motifs is 1. The molecule has 0 aliphatic heterocycles. The molecule has 0 aliphatic carbocycles. The van der Waals surface area contributed by atoms with Crippen molar-refractivity contribution in [3.8, 4) is 6.07 Å². The predicted molar refractivity (Wildman–Crippen MR) is 88.0 cm³/mol. The van der Waals surface area contributed by atoms with Crippen LogP contribution < -0.4 is 0 Å². The molecule has 3 aromatic rings. The van der Waals surface area contributed by atoms with Crippen LogP contribution in [0.2, 0.25) is 0 Å². The van der Waals surface area contributed by atoms with Crippen molar-refractivity contribution in [3.05, 3.63) is 59.8 Å². The molecule has 0 saturated carbocycles. The maximum Gasteiger partial charge on any atom is 0.339 e. The molecule has 0 saturated heterocycles. The van der Waals surface area contributed by atoms with Gasteiger partial charge in [-0.05, 0) is 30.2 Å². The van der Waals surface area contributed by atoms with Crippen molar-refractivity contribution >= 4 is 17.1 Å². The fourth-order valence-corrected chi connectivity index (χ4v) is 2.43. The second-order valence-corrected chi connectivity index (χ2v) is 5.68. The molecule has 0 radical (unpaired) electrons. The van der Waals surface area contributed by atoms with Crippen LogP contribution in [0.4, 0.5) is 4.39 Å². The number of ether oxygens (including phenoxy) is 1. The Labute approximate surface area is 143 Å². The molecule has 6 nitrogen and oxygen atoms in total. The van der Waals surface area contributed by atoms with Crippen molar-refractivity contribution in [3.63, 3.8) is 0 Å². The van der Waals surface area contributed by atoms with Gasteiger partial charge in [-0.25, -0.2) is 19.2 Å². The first-order chi connectivity index (χ1) is 12.1. The molecule has 7 heteroatoms. The van der Waals surface area contributed by atoms with Crippen LogP contribution in [0.15, 0.2) is 42.9 Å². The Hall–Kier alpha value is -3.27. The van der Waals surface area contributed by atoms with E-state index in [2.05, 4.69) is 16.0 Å². The molecule has 2 heterocycles. The minimum atomic E-state index is -0.556. The maximum atomic E-state index is 12.9. The highest BCUT2D eigenvalue weighted by Crippen LogP contribution is 2.14. The Morgan fingerprint density at radius 2 is 2.12 bits per heavy atom. The lowest BCUT2D eigenvalue weighted by molar-refractivity contribution is 0.0468. The van der Waals surface area contributed by atoms with Crippen LogP contribution in [0.5, 0.6) is 0 Å². The molecular formula is C18H15FN4O2. The quantitative estimate of drug-likeness (QED) is 0.668. The first kappa shape index (κ1) is 16.6. The third-order valence-corrected chi connectivity index (χ3v) is 3.78. The molecule has 2 aromatic heterocycles. The minimum absolute atomic E-state index is 0.0486. The van der Waals surface area contributed by atoms with E-state index in [9.17, 15) is 14.4 Å². The van der Waals surface area contributed by atoms with Gasteiger partial charge in [-0.15, -0.1) is 0 Å². The number of hydrogen-bond acceptors (Lipinski definition) is 5. The normalized spacial score (nSPS) is 11.9. The predicted octanol–water partition coefficient (Wildman–Crippen LogP) is 2.65. The summed E-state index contributed by atoms with van der Waals surface area (Å²) in [4.78, 5) is 20.5. The van der Waals surface area contributed by atoms with Crippen LogP contribution in [0.25, 0.3) is 11.2 Å². The fraction of sp³-hybridized carbons (Fsp3) is 0.222. The lowest BCUT2D eigenvalue weighted by Gasteiger charge is -2.10. The number of carbonyl (C=O) groups excluding carboxylic acids is 1. The van der Waals surface area contributed by atoms with Crippen molar-refractivity contribution < 1.29 is 13.9 Å². The summed E-state index contributed by atoms with van der Waals surface area (Å²) in [5, 5.41) is 9.23. The molecule has 0 N–H and O–H groups in total. The highest BCUT2D eigenvalue weighted by Gasteiger charge is 2.15. The van der Waals surface area contributed by atoms with E-state index in [-0.39, 0.29) is 18.0 Å². The number of halogens is 1. The number of pyridine rings is 1. The van der Waals surface area contributed by atoms with E-state index >= 15 is 0 Å². The number of imidazole rings is 1. The van der Waals surface area contributed by atoms with Gasteiger partial charge < -0.3 is 9.30 Å². The molecule has 0 amide bonds. The summed E-state index contributed by atoms with van der Waals surface area (Å²) >= 11 is 0. The van der Waals surface area contributed by atoms with Crippen molar-refractivity contribution in [2.45, 2.75) is 6.42 Å². The van der Waals surface area contributed by atoms with Gasteiger partial charge in [0, 0.05) is 13.2 Å². The summed E-state index contributed by atoms with van der Waals surface area (Å²) in [6, 6.07) is 9.60. The minimum Gasteiger partial charge on any atom is -0.461 e. The lowest BCUT2D eigenvalue weighted by atomic mass is 10.0. The summed E-state index contributed by atoms with van der Waals surface area (Å²) in [5.41, 5.74) is 2.35. The zero-order chi connectivity index (χ0) is 17.8. The van der Waals surface area contributed by atoms with Gasteiger partial charge >= 0.3 is 5.97 Å². The smallest absolute Gasteiger partial charge is 0.339 e. The summed E-state index contributed by atoms with van der Waals surface area (Å²) in [6.07, 6.45) is 3.41. The van der Waals surface area contributed by atoms with Gasteiger partial charge in [-0.1, -0.05) is 12.1 Å². The van der Waals surface area contributed by atoms with Gasteiger partial charge in [0.05, 0.1) is 23.9 Å². The molecule has 25 heavy (non-hydrogen) atoms. The fourth-order valence-electron chi connectivity index (χ4n) is 2.43. The third-order valence-electron chi connectivity index (χ3n) is 3.78. The Morgan fingerprint density at radius 3 is 2.84 bits per heavy atom. The largest absolute Gasteiger partial charge is 0.461 e. The maximum absolute atomic E-state index is 12.9. The number of esters is 1. The summed E-state index contributed by atoms with van der Waals surface area (Å²) < 4.78 is 19.9. The Morgan fingerprint density at radius 1 is 1.36 bits per heavy atom. The van der Waals surface area contributed by atoms with Crippen LogP contribution in [0, 0.1) is 23.1 Å². The van der Waals surface area contributed by atoms with Gasteiger partial charge in [0.1, 0.15) is 17.9 Å². The van der Waals surface area contributed by atoms with E-state index in [1.54, 1.807) is 29.1 Å². The SMILES string of the molecule is Cn1cnc2cc(C(=O)OCC(C#N)Cc3ccc(F)cc3)cnc21. The molecule has 0 fully saturated rings. The van der Waals surface area contributed by atoms with Gasteiger partial charge in [-0.3, -0.25) is 0 Å². The molecule has 0 bridgehead atoms. The van der Waals surface area contributed by atoms with E-state index in [1.807, 2.05) is 7.05 Å². The number of rotatable bonds is 5. The standard InChI is InChI=1S/C18H15FN4O2/c1-23-11-22-16-7-14(9-21-17(16)23)18(24)25-10-13(8-20)6-12-2-4-15(19)5-3-12/h2-5,7,9,11,13H,6,10H2,1H3. The van der Waals surface area contributed by atoms with Gasteiger partial charge in [0.2, 0.25) is 0 Å². The van der Waals surface area contributed by atoms with E-state index in [1.165, 1.54) is 18.3 Å². The monoisotopic (exact) mass is 338 g/mol. The number of carbonyl (C=O) groups is 1. The highest BCUT2D eigenvalue weighted by molar-refractivity contribution is 5.92. The number of aryl methyl sites for hydroxylation is 1. The molecular weight excluding hydrogens is 323 g/mol. The van der Waals surface area contributed by atoms with Gasteiger partial charge in [-0.2, -0.15) is 5.26 Å². The van der Waals surface area contributed by atoms with Crippen molar-refractivity contribution in [1.82, 2.24) is 14.5 Å². The second kappa shape index (κ2) is 7.09. The van der Waals surface area contributed by atoms with Crippen molar-refractivity contribution in [1.29, 1.82) is 5.26 Å². The average molecular weight is 338 g/mol. The average Bonchev–Trinajstić information content (AvgIpc) is 3.00. The number of nitriles is 1. The summed E-state index contributed by atoms with van der Waals surface area (Å²) in [6.45, 7) is -0.0486. The summed E-state index contributed by atoms with van der Waals surface area (Å²) in [5.74, 6) is -1.40. The van der Waals surface area contributed by atoms with E-state index in [4.69, 9.17) is 4.74 Å². The van der Waals surface area contributed by atoms with Crippen LogP contribution >= 0.6 is 0 Å². The number of benzene rings is 1. The Bertz CT molecular complexity index is 944. The molecule has 126 valence electrons.